The number of nitrogens with zero attached hydrogens (tertiary/aromatic N) is 8. The van der Waals surface area contributed by atoms with E-state index in [1.165, 1.54) is 29.3 Å². The van der Waals surface area contributed by atoms with Crippen molar-refractivity contribution in [3.05, 3.63) is 152 Å². The molecule has 9 aromatic rings. The van der Waals surface area contributed by atoms with Crippen LogP contribution in [0.2, 0.25) is 0 Å². The average Bonchev–Trinajstić information content (AvgIpc) is 4.04. The van der Waals surface area contributed by atoms with Crippen LogP contribution < -0.4 is 16.0 Å². The highest BCUT2D eigenvalue weighted by Gasteiger charge is 2.12. The summed E-state index contributed by atoms with van der Waals surface area (Å²) in [6, 6.07) is 33.2. The Hall–Kier alpha value is -7.22. The van der Waals surface area contributed by atoms with Crippen LogP contribution in [-0.2, 0) is 0 Å². The van der Waals surface area contributed by atoms with Crippen LogP contribution in [0.4, 0.5) is 17.5 Å². The van der Waals surface area contributed by atoms with Gasteiger partial charge >= 0.3 is 0 Å². The molecule has 6 heterocycles. The lowest BCUT2D eigenvalue weighted by atomic mass is 10.0. The average molecular weight is 731 g/mol. The van der Waals surface area contributed by atoms with E-state index in [9.17, 15) is 0 Å². The van der Waals surface area contributed by atoms with Crippen LogP contribution in [-0.4, -0.2) is 61.4 Å². The molecule has 14 nitrogen and oxygen atoms in total. The summed E-state index contributed by atoms with van der Waals surface area (Å²) in [7, 11) is 0. The van der Waals surface area contributed by atoms with Gasteiger partial charge in [-0.15, -0.1) is 0 Å². The largest absolute Gasteiger partial charge is 0.368 e. The van der Waals surface area contributed by atoms with E-state index in [1.54, 1.807) is 25.2 Å². The van der Waals surface area contributed by atoms with Crippen LogP contribution >= 0.6 is 0 Å². The Morgan fingerprint density at radius 1 is 0.491 bits per heavy atom. The number of nitrogens with one attached hydrogen (secondary N) is 6. The van der Waals surface area contributed by atoms with Crippen LogP contribution in [0.25, 0.3) is 33.4 Å². The van der Waals surface area contributed by atoms with Gasteiger partial charge in [0, 0.05) is 12.7 Å². The number of benzene rings is 3. The Morgan fingerprint density at radius 3 is 1.60 bits per heavy atom. The Kier molecular flexibility index (Phi) is 11.5. The Morgan fingerprint density at radius 2 is 1.00 bits per heavy atom. The number of fused-ring (bicyclic) bond motifs is 3. The Bertz CT molecular complexity index is 2400. The summed E-state index contributed by atoms with van der Waals surface area (Å²) in [4.78, 5) is 42.7. The second-order valence-corrected chi connectivity index (χ2v) is 12.9. The van der Waals surface area contributed by atoms with Gasteiger partial charge in [0.15, 0.2) is 28.7 Å². The maximum atomic E-state index is 4.35. The topological polar surface area (TPSA) is 187 Å². The number of aromatic nitrogens is 11. The van der Waals surface area contributed by atoms with Gasteiger partial charge < -0.3 is 30.9 Å². The number of imidazole rings is 3. The molecule has 55 heavy (non-hydrogen) atoms. The van der Waals surface area contributed by atoms with E-state index < -0.39 is 0 Å². The normalized spacial score (nSPS) is 12.5. The summed E-state index contributed by atoms with van der Waals surface area (Å²) in [5, 5.41) is 10.1. The molecule has 0 radical (unpaired) electrons. The summed E-state index contributed by atoms with van der Waals surface area (Å²) in [5.74, 6) is 2.79. The lowest BCUT2D eigenvalue weighted by molar-refractivity contribution is 0.802. The van der Waals surface area contributed by atoms with Crippen molar-refractivity contribution in [3.8, 4) is 0 Å². The lowest BCUT2D eigenvalue weighted by Gasteiger charge is -2.14. The SMILES string of the molecule is CC(CNc1ncnc2nc[nH]c12)c1ccccc1.C[C@@H](Nc1nccc2[nH]cnc12)c1ccccc1.C[C@@H](Nc1ncnc2nc[nH]c12)c1ccccc1. The number of pyridine rings is 1. The first-order valence-electron chi connectivity index (χ1n) is 18.0. The first-order valence-corrected chi connectivity index (χ1v) is 18.0. The van der Waals surface area contributed by atoms with Crippen LogP contribution in [0.3, 0.4) is 0 Å². The van der Waals surface area contributed by atoms with Gasteiger partial charge in [0.05, 0.1) is 36.6 Å². The van der Waals surface area contributed by atoms with Gasteiger partial charge in [-0.25, -0.2) is 39.9 Å². The molecule has 14 heteroatoms. The van der Waals surface area contributed by atoms with Crippen molar-refractivity contribution >= 4 is 50.8 Å². The van der Waals surface area contributed by atoms with Gasteiger partial charge in [0.2, 0.25) is 0 Å². The van der Waals surface area contributed by atoms with E-state index in [2.05, 4.69) is 140 Å². The standard InChI is InChI=1S/C14H15N5.C14H14N4.C13H13N5/c1-10(11-5-3-2-4-6-11)7-15-13-12-14(17-8-16-12)19-9-18-13;1-10(11-5-3-2-4-6-11)18-14-13-12(7-8-15-14)16-9-17-13;1-9(10-5-3-2-4-6-10)18-13-11-12(15-7-14-11)16-8-17-13/h2-6,8-10H,7H2,1H3,(H2,15,16,17,18,19);2-10H,1H3,(H,15,18)(H,16,17);2-9H,1H3,(H2,14,15,16,17,18)/t;10-;9-/m.11/s1. The third kappa shape index (κ3) is 9.06. The first-order chi connectivity index (χ1) is 27.0. The van der Waals surface area contributed by atoms with E-state index in [0.717, 1.165) is 46.1 Å². The van der Waals surface area contributed by atoms with Gasteiger partial charge in [0.25, 0.3) is 0 Å². The van der Waals surface area contributed by atoms with Crippen LogP contribution in [0.15, 0.2) is 135 Å². The molecule has 3 atom stereocenters. The Labute approximate surface area is 317 Å². The van der Waals surface area contributed by atoms with Crippen molar-refractivity contribution in [1.29, 1.82) is 0 Å². The molecule has 0 aliphatic heterocycles. The molecule has 0 spiro atoms. The fourth-order valence-electron chi connectivity index (χ4n) is 5.96. The number of aromatic amines is 3. The molecule has 6 N–H and O–H groups in total. The van der Waals surface area contributed by atoms with Crippen LogP contribution in [0.5, 0.6) is 0 Å². The molecule has 0 fully saturated rings. The van der Waals surface area contributed by atoms with Crippen molar-refractivity contribution in [1.82, 2.24) is 54.8 Å². The van der Waals surface area contributed by atoms with Crippen molar-refractivity contribution in [2.24, 2.45) is 0 Å². The maximum Gasteiger partial charge on any atom is 0.182 e. The van der Waals surface area contributed by atoms with Crippen molar-refractivity contribution in [2.45, 2.75) is 38.8 Å². The van der Waals surface area contributed by atoms with Gasteiger partial charge in [-0.05, 0) is 42.5 Å². The highest BCUT2D eigenvalue weighted by atomic mass is 15.1. The highest BCUT2D eigenvalue weighted by Crippen LogP contribution is 2.24. The molecular formula is C41H42N14. The van der Waals surface area contributed by atoms with Gasteiger partial charge in [-0.2, -0.15) is 0 Å². The maximum absolute atomic E-state index is 4.35. The summed E-state index contributed by atoms with van der Waals surface area (Å²) >= 11 is 0. The zero-order chi connectivity index (χ0) is 37.8. The van der Waals surface area contributed by atoms with Crippen molar-refractivity contribution in [2.75, 3.05) is 22.5 Å². The van der Waals surface area contributed by atoms with Gasteiger partial charge in [-0.1, -0.05) is 97.9 Å². The third-order valence-corrected chi connectivity index (χ3v) is 9.03. The molecule has 0 aliphatic rings. The minimum absolute atomic E-state index is 0.174. The molecule has 0 saturated carbocycles. The predicted octanol–water partition coefficient (Wildman–Crippen LogP) is 8.23. The summed E-state index contributed by atoms with van der Waals surface area (Å²) in [5.41, 5.74) is 8.66. The second kappa shape index (κ2) is 17.5. The van der Waals surface area contributed by atoms with Crippen LogP contribution in [0.1, 0.15) is 55.5 Å². The highest BCUT2D eigenvalue weighted by molar-refractivity contribution is 5.85. The second-order valence-electron chi connectivity index (χ2n) is 12.9. The zero-order valence-corrected chi connectivity index (χ0v) is 30.7. The predicted molar refractivity (Wildman–Crippen MR) is 218 cm³/mol. The minimum Gasteiger partial charge on any atom is -0.368 e. The van der Waals surface area contributed by atoms with Gasteiger partial charge in [0.1, 0.15) is 29.2 Å². The molecule has 6 aromatic heterocycles. The lowest BCUT2D eigenvalue weighted by Crippen LogP contribution is -2.11. The molecule has 0 aliphatic carbocycles. The molecule has 0 bridgehead atoms. The van der Waals surface area contributed by atoms with E-state index >= 15 is 0 Å². The molecule has 276 valence electrons. The molecule has 0 saturated heterocycles. The number of hydrogen-bond donors (Lipinski definition) is 6. The fourth-order valence-corrected chi connectivity index (χ4v) is 5.96. The number of hydrogen-bond acceptors (Lipinski definition) is 11. The summed E-state index contributed by atoms with van der Waals surface area (Å²) in [6.45, 7) is 7.21. The summed E-state index contributed by atoms with van der Waals surface area (Å²) in [6.07, 6.45) is 9.76. The number of anilines is 3. The molecule has 0 amide bonds. The van der Waals surface area contributed by atoms with Crippen molar-refractivity contribution in [3.63, 3.8) is 0 Å². The van der Waals surface area contributed by atoms with Gasteiger partial charge in [-0.3, -0.25) is 0 Å². The quantitative estimate of drug-likeness (QED) is 0.0796. The van der Waals surface area contributed by atoms with Crippen molar-refractivity contribution < 1.29 is 0 Å². The summed E-state index contributed by atoms with van der Waals surface area (Å²) < 4.78 is 0. The molecule has 9 rings (SSSR count). The van der Waals surface area contributed by atoms with E-state index in [4.69, 9.17) is 0 Å². The monoisotopic (exact) mass is 730 g/mol. The molecule has 3 aromatic carbocycles. The number of rotatable bonds is 10. The Balaban J connectivity index is 0.000000127. The zero-order valence-electron chi connectivity index (χ0n) is 30.7. The van der Waals surface area contributed by atoms with E-state index in [-0.39, 0.29) is 12.1 Å². The van der Waals surface area contributed by atoms with E-state index in [0.29, 0.717) is 17.2 Å². The molecule has 1 unspecified atom stereocenters. The molecular weight excluding hydrogens is 689 g/mol. The number of H-pyrrole nitrogens is 3. The first kappa shape index (κ1) is 36.2. The third-order valence-electron chi connectivity index (χ3n) is 9.03. The fraction of sp³-hybridized carbons (Fsp3) is 0.171. The smallest absolute Gasteiger partial charge is 0.182 e. The van der Waals surface area contributed by atoms with Crippen LogP contribution in [0, 0.1) is 0 Å². The minimum atomic E-state index is 0.174. The van der Waals surface area contributed by atoms with E-state index in [1.807, 2.05) is 48.5 Å².